The molecule has 4 heterocycles. The zero-order valence-corrected chi connectivity index (χ0v) is 19.1. The maximum atomic E-state index is 12.5. The molecule has 0 spiro atoms. The smallest absolute Gasteiger partial charge is 0.249 e. The molecule has 2 atom stereocenters. The van der Waals surface area contributed by atoms with Gasteiger partial charge in [-0.25, -0.2) is 9.97 Å². The van der Waals surface area contributed by atoms with Crippen molar-refractivity contribution in [2.24, 2.45) is 0 Å². The van der Waals surface area contributed by atoms with Gasteiger partial charge in [-0.3, -0.25) is 9.48 Å². The van der Waals surface area contributed by atoms with Crippen LogP contribution in [-0.2, 0) is 22.6 Å². The number of carbonyl (C=O) groups is 1. The number of ether oxygens (including phenoxy) is 1. The summed E-state index contributed by atoms with van der Waals surface area (Å²) in [4.78, 5) is 27.6. The van der Waals surface area contributed by atoms with Crippen molar-refractivity contribution in [1.29, 1.82) is 0 Å². The molecule has 0 radical (unpaired) electrons. The van der Waals surface area contributed by atoms with Crippen molar-refractivity contribution in [3.63, 3.8) is 0 Å². The molecule has 4 rings (SSSR count). The summed E-state index contributed by atoms with van der Waals surface area (Å²) in [5.74, 6) is 0.993. The number of halogens is 1. The first-order chi connectivity index (χ1) is 15.4. The Morgan fingerprint density at radius 1 is 1.28 bits per heavy atom. The fourth-order valence-corrected chi connectivity index (χ4v) is 3.76. The number of aryl methyl sites for hydroxylation is 1. The Labute approximate surface area is 191 Å². The van der Waals surface area contributed by atoms with E-state index in [-0.39, 0.29) is 12.0 Å². The first-order valence-electron chi connectivity index (χ1n) is 10.2. The van der Waals surface area contributed by atoms with Gasteiger partial charge in [0.25, 0.3) is 0 Å². The summed E-state index contributed by atoms with van der Waals surface area (Å²) < 4.78 is 7.22. The van der Waals surface area contributed by atoms with Crippen LogP contribution in [0.1, 0.15) is 23.7 Å². The molecule has 0 saturated heterocycles. The van der Waals surface area contributed by atoms with Gasteiger partial charge in [-0.1, -0.05) is 17.7 Å². The highest BCUT2D eigenvalue weighted by Crippen LogP contribution is 2.33. The lowest BCUT2D eigenvalue weighted by Gasteiger charge is -2.37. The molecule has 10 nitrogen and oxygen atoms in total. The Bertz CT molecular complexity index is 1120. The summed E-state index contributed by atoms with van der Waals surface area (Å²) in [7, 11) is 3.42. The number of fused-ring (bicyclic) bond motifs is 1. The third kappa shape index (κ3) is 4.51. The monoisotopic (exact) mass is 456 g/mol. The summed E-state index contributed by atoms with van der Waals surface area (Å²) in [6.07, 6.45) is 5.19. The van der Waals surface area contributed by atoms with Gasteiger partial charge in [0, 0.05) is 38.7 Å². The van der Waals surface area contributed by atoms with E-state index in [9.17, 15) is 4.79 Å². The number of aromatic nitrogens is 5. The number of nitrogens with zero attached hydrogens (tertiary/aromatic N) is 6. The fraction of sp³-hybridized carbons (Fsp3) is 0.381. The molecular formula is C21H25ClN8O2. The van der Waals surface area contributed by atoms with Gasteiger partial charge >= 0.3 is 0 Å². The fourth-order valence-electron chi connectivity index (χ4n) is 3.65. The first-order valence-corrected chi connectivity index (χ1v) is 10.5. The van der Waals surface area contributed by atoms with Crippen LogP contribution in [-0.4, -0.2) is 56.9 Å². The van der Waals surface area contributed by atoms with Gasteiger partial charge < -0.3 is 20.3 Å². The summed E-state index contributed by atoms with van der Waals surface area (Å²) in [5, 5.41) is 11.0. The maximum Gasteiger partial charge on any atom is 0.249 e. The summed E-state index contributed by atoms with van der Waals surface area (Å²) in [6.45, 7) is 4.81. The minimum absolute atomic E-state index is 0.134. The molecule has 1 unspecified atom stereocenters. The van der Waals surface area contributed by atoms with Crippen LogP contribution in [0.2, 0.25) is 5.15 Å². The molecule has 0 saturated carbocycles. The molecule has 32 heavy (non-hydrogen) atoms. The van der Waals surface area contributed by atoms with Crippen LogP contribution in [0.5, 0.6) is 0 Å². The minimum atomic E-state index is -0.477. The number of amides is 1. The molecule has 0 aliphatic carbocycles. The Kier molecular flexibility index (Phi) is 6.24. The molecule has 0 aromatic carbocycles. The van der Waals surface area contributed by atoms with E-state index in [2.05, 4.69) is 30.7 Å². The molecular weight excluding hydrogens is 432 g/mol. The third-order valence-corrected chi connectivity index (χ3v) is 5.65. The highest BCUT2D eigenvalue weighted by atomic mass is 35.5. The number of hydrogen-bond acceptors (Lipinski definition) is 8. The predicted molar refractivity (Wildman–Crippen MR) is 122 cm³/mol. The van der Waals surface area contributed by atoms with E-state index >= 15 is 0 Å². The number of nitrogens with one attached hydrogen (secondary N) is 2. The number of carbonyl (C=O) groups excluding carboxylic acids is 1. The van der Waals surface area contributed by atoms with Crippen LogP contribution < -0.4 is 15.5 Å². The Morgan fingerprint density at radius 3 is 2.81 bits per heavy atom. The van der Waals surface area contributed by atoms with Crippen LogP contribution in [0.4, 0.5) is 17.5 Å². The van der Waals surface area contributed by atoms with Crippen LogP contribution in [0.15, 0.2) is 30.7 Å². The highest BCUT2D eigenvalue weighted by molar-refractivity contribution is 6.29. The van der Waals surface area contributed by atoms with Crippen LogP contribution >= 0.6 is 11.6 Å². The van der Waals surface area contributed by atoms with Gasteiger partial charge in [-0.05, 0) is 25.5 Å². The van der Waals surface area contributed by atoms with Crippen molar-refractivity contribution >= 4 is 35.0 Å². The average molecular weight is 457 g/mol. The number of rotatable bonds is 7. The zero-order chi connectivity index (χ0) is 22.8. The molecule has 3 aromatic heterocycles. The quantitative estimate of drug-likeness (QED) is 0.522. The van der Waals surface area contributed by atoms with Gasteiger partial charge in [-0.15, -0.1) is 0 Å². The van der Waals surface area contributed by atoms with E-state index in [1.807, 2.05) is 42.7 Å². The number of hydrogen-bond donors (Lipinski definition) is 2. The molecule has 1 amide bonds. The van der Waals surface area contributed by atoms with E-state index in [1.165, 1.54) is 0 Å². The van der Waals surface area contributed by atoms with E-state index in [1.54, 1.807) is 25.6 Å². The van der Waals surface area contributed by atoms with Crippen molar-refractivity contribution in [1.82, 2.24) is 24.7 Å². The van der Waals surface area contributed by atoms with Gasteiger partial charge in [0.2, 0.25) is 11.9 Å². The van der Waals surface area contributed by atoms with E-state index < -0.39 is 6.04 Å². The average Bonchev–Trinajstić information content (AvgIpc) is 3.22. The predicted octanol–water partition coefficient (Wildman–Crippen LogP) is 2.48. The molecule has 0 bridgehead atoms. The van der Waals surface area contributed by atoms with E-state index in [4.69, 9.17) is 16.3 Å². The number of likely N-dealkylation sites (N-methyl/N-ethyl adjacent to an activating group) is 1. The summed E-state index contributed by atoms with van der Waals surface area (Å²) >= 11 is 5.84. The van der Waals surface area contributed by atoms with E-state index in [0.717, 1.165) is 11.1 Å². The van der Waals surface area contributed by atoms with Gasteiger partial charge in [0.1, 0.15) is 16.9 Å². The molecule has 1 aliphatic rings. The SMILES string of the molecule is CO[C@H](C)C1C(=O)Nc2c(C)nc(NCc3cnn(Cc4ccc(Cl)nc4)c3)nc2N1C. The van der Waals surface area contributed by atoms with Crippen molar-refractivity contribution in [3.8, 4) is 0 Å². The molecule has 11 heteroatoms. The summed E-state index contributed by atoms with van der Waals surface area (Å²) in [5.41, 5.74) is 3.30. The van der Waals surface area contributed by atoms with Crippen molar-refractivity contribution in [3.05, 3.63) is 52.7 Å². The Balaban J connectivity index is 1.46. The topological polar surface area (TPSA) is 110 Å². The second-order valence-electron chi connectivity index (χ2n) is 7.71. The lowest BCUT2D eigenvalue weighted by molar-refractivity contribution is -0.120. The Hall–Kier alpha value is -3.24. The zero-order valence-electron chi connectivity index (χ0n) is 18.3. The minimum Gasteiger partial charge on any atom is -0.379 e. The standard InChI is InChI=1S/C21H25ClN8O2/c1-12-17-19(29(3)18(13(2)32-4)20(31)27-17)28-21(26-12)24-8-15-9-25-30(11-15)10-14-5-6-16(22)23-7-14/h5-7,9,11,13,18H,8,10H2,1-4H3,(H,27,31)(H,24,26,28)/t13-,18?/m1/s1. The lowest BCUT2D eigenvalue weighted by atomic mass is 10.1. The number of anilines is 3. The second-order valence-corrected chi connectivity index (χ2v) is 8.09. The number of methoxy groups -OCH3 is 1. The maximum absolute atomic E-state index is 12.5. The molecule has 0 fully saturated rings. The second kappa shape index (κ2) is 9.09. The van der Waals surface area contributed by atoms with Crippen LogP contribution in [0.25, 0.3) is 0 Å². The van der Waals surface area contributed by atoms with Crippen molar-refractivity contribution < 1.29 is 9.53 Å². The normalized spacial score (nSPS) is 16.5. The highest BCUT2D eigenvalue weighted by Gasteiger charge is 2.37. The van der Waals surface area contributed by atoms with E-state index in [0.29, 0.717) is 41.4 Å². The van der Waals surface area contributed by atoms with Crippen LogP contribution in [0, 0.1) is 6.92 Å². The molecule has 168 valence electrons. The van der Waals surface area contributed by atoms with Crippen molar-refractivity contribution in [2.75, 3.05) is 29.7 Å². The largest absolute Gasteiger partial charge is 0.379 e. The first kappa shape index (κ1) is 22.0. The van der Waals surface area contributed by atoms with Gasteiger partial charge in [-0.2, -0.15) is 10.1 Å². The lowest BCUT2D eigenvalue weighted by Crippen LogP contribution is -2.53. The van der Waals surface area contributed by atoms with Crippen molar-refractivity contribution in [2.45, 2.75) is 39.1 Å². The number of pyridine rings is 1. The van der Waals surface area contributed by atoms with Gasteiger partial charge in [0.05, 0.1) is 24.5 Å². The summed E-state index contributed by atoms with van der Waals surface area (Å²) in [6, 6.07) is 3.21. The molecule has 1 aliphatic heterocycles. The van der Waals surface area contributed by atoms with Gasteiger partial charge in [0.15, 0.2) is 5.82 Å². The molecule has 2 N–H and O–H groups in total. The molecule has 3 aromatic rings. The third-order valence-electron chi connectivity index (χ3n) is 5.43. The van der Waals surface area contributed by atoms with Crippen LogP contribution in [0.3, 0.4) is 0 Å². The Morgan fingerprint density at radius 2 is 2.09 bits per heavy atom.